The monoisotopic (exact) mass is 352 g/mol. The number of carbonyl (C=O) groups is 2. The number of thioether (sulfide) groups is 1. The molecule has 130 valence electrons. The highest BCUT2D eigenvalue weighted by Crippen LogP contribution is 2.29. The molecule has 2 rings (SSSR count). The second kappa shape index (κ2) is 8.00. The smallest absolute Gasteiger partial charge is 0.322 e. The van der Waals surface area contributed by atoms with E-state index in [0.717, 1.165) is 18.6 Å². The van der Waals surface area contributed by atoms with Gasteiger partial charge in [-0.1, -0.05) is 20.3 Å². The van der Waals surface area contributed by atoms with Crippen LogP contribution in [0.4, 0.5) is 0 Å². The molecule has 0 bridgehead atoms. The molecule has 0 aromatic carbocycles. The number of aliphatic carboxylic acids is 1. The van der Waals surface area contributed by atoms with Crippen LogP contribution in [0.5, 0.6) is 5.75 Å². The van der Waals surface area contributed by atoms with Gasteiger partial charge in [-0.15, -0.1) is 11.8 Å². The van der Waals surface area contributed by atoms with Crippen LogP contribution in [0.1, 0.15) is 37.0 Å². The lowest BCUT2D eigenvalue weighted by Gasteiger charge is -2.10. The minimum Gasteiger partial charge on any atom is -0.507 e. The second-order valence-corrected chi connectivity index (χ2v) is 6.81. The maximum Gasteiger partial charge on any atom is 0.322 e. The molecule has 0 unspecified atom stereocenters. The molecule has 2 aromatic rings. The summed E-state index contributed by atoms with van der Waals surface area (Å²) in [6.07, 6.45) is 3.43. The number of nitrogens with one attached hydrogen (secondary N) is 1. The van der Waals surface area contributed by atoms with E-state index in [-0.39, 0.29) is 17.0 Å². The number of fused-ring (bicyclic) bond motifs is 1. The zero-order chi connectivity index (χ0) is 17.7. The first-order chi connectivity index (χ1) is 11.4. The number of aromatic nitrogens is 3. The van der Waals surface area contributed by atoms with Gasteiger partial charge < -0.3 is 15.5 Å². The van der Waals surface area contributed by atoms with E-state index < -0.39 is 18.4 Å². The van der Waals surface area contributed by atoms with Crippen molar-refractivity contribution in [3.63, 3.8) is 0 Å². The summed E-state index contributed by atoms with van der Waals surface area (Å²) < 4.78 is 1.48. The average molecular weight is 352 g/mol. The van der Waals surface area contributed by atoms with E-state index in [1.165, 1.54) is 28.7 Å². The predicted molar refractivity (Wildman–Crippen MR) is 89.4 cm³/mol. The minimum absolute atomic E-state index is 0.0831. The van der Waals surface area contributed by atoms with Crippen LogP contribution < -0.4 is 5.32 Å². The fraction of sp³-hybridized carbons (Fsp3) is 0.467. The Morgan fingerprint density at radius 2 is 2.17 bits per heavy atom. The Bertz CT molecular complexity index is 744. The van der Waals surface area contributed by atoms with E-state index >= 15 is 0 Å². The summed E-state index contributed by atoms with van der Waals surface area (Å²) >= 11 is 1.52. The van der Waals surface area contributed by atoms with E-state index in [1.807, 2.05) is 0 Å². The summed E-state index contributed by atoms with van der Waals surface area (Å²) in [6.45, 7) is 3.79. The largest absolute Gasteiger partial charge is 0.507 e. The van der Waals surface area contributed by atoms with Crippen LogP contribution in [0.2, 0.25) is 0 Å². The molecule has 0 saturated heterocycles. The topological polar surface area (TPSA) is 117 Å². The quantitative estimate of drug-likeness (QED) is 0.490. The van der Waals surface area contributed by atoms with Gasteiger partial charge in [-0.05, 0) is 18.1 Å². The molecule has 3 N–H and O–H groups in total. The van der Waals surface area contributed by atoms with Crippen LogP contribution in [0.3, 0.4) is 0 Å². The molecule has 0 spiro atoms. The van der Waals surface area contributed by atoms with E-state index in [2.05, 4.69) is 29.2 Å². The van der Waals surface area contributed by atoms with Crippen LogP contribution in [-0.2, 0) is 4.79 Å². The van der Waals surface area contributed by atoms with E-state index in [1.54, 1.807) is 0 Å². The van der Waals surface area contributed by atoms with Gasteiger partial charge in [-0.3, -0.25) is 9.59 Å². The summed E-state index contributed by atoms with van der Waals surface area (Å²) in [5.41, 5.74) is 0.115. The molecule has 0 aliphatic carbocycles. The molecule has 9 heteroatoms. The lowest BCUT2D eigenvalue weighted by Crippen LogP contribution is -2.29. The van der Waals surface area contributed by atoms with Crippen molar-refractivity contribution >= 4 is 29.3 Å². The number of hydrogen-bond acceptors (Lipinski definition) is 6. The van der Waals surface area contributed by atoms with Crippen LogP contribution in [0.15, 0.2) is 17.4 Å². The van der Waals surface area contributed by atoms with Gasteiger partial charge >= 0.3 is 5.97 Å². The SMILES string of the molecule is CC(C)CCCSc1cc(O)c(C(=O)NCC(=O)O)c2ncnn12. The van der Waals surface area contributed by atoms with E-state index in [9.17, 15) is 14.7 Å². The number of carbonyl (C=O) groups excluding carboxylic acids is 1. The number of aromatic hydroxyl groups is 1. The average Bonchev–Trinajstić information content (AvgIpc) is 2.98. The van der Waals surface area contributed by atoms with Gasteiger partial charge in [0.25, 0.3) is 5.91 Å². The molecule has 0 saturated carbocycles. The van der Waals surface area contributed by atoms with Crippen molar-refractivity contribution in [2.75, 3.05) is 12.3 Å². The molecule has 0 aliphatic heterocycles. The summed E-state index contributed by atoms with van der Waals surface area (Å²) in [7, 11) is 0. The second-order valence-electron chi connectivity index (χ2n) is 5.70. The van der Waals surface area contributed by atoms with Crippen molar-refractivity contribution in [3.8, 4) is 5.75 Å². The minimum atomic E-state index is -1.17. The lowest BCUT2D eigenvalue weighted by molar-refractivity contribution is -0.135. The number of carboxylic acids is 1. The molecule has 0 atom stereocenters. The summed E-state index contributed by atoms with van der Waals surface area (Å²) in [5, 5.41) is 25.8. The molecule has 2 aromatic heterocycles. The molecule has 8 nitrogen and oxygen atoms in total. The van der Waals surface area contributed by atoms with Crippen molar-refractivity contribution < 1.29 is 19.8 Å². The van der Waals surface area contributed by atoms with Gasteiger partial charge in [-0.25, -0.2) is 9.50 Å². The van der Waals surface area contributed by atoms with E-state index in [0.29, 0.717) is 10.9 Å². The highest BCUT2D eigenvalue weighted by molar-refractivity contribution is 7.99. The maximum absolute atomic E-state index is 12.1. The Morgan fingerprint density at radius 1 is 1.42 bits per heavy atom. The van der Waals surface area contributed by atoms with Gasteiger partial charge in [0, 0.05) is 6.07 Å². The maximum atomic E-state index is 12.1. The number of carboxylic acid groups (broad SMARTS) is 1. The first-order valence-electron chi connectivity index (χ1n) is 7.58. The van der Waals surface area contributed by atoms with Crippen molar-refractivity contribution in [3.05, 3.63) is 18.0 Å². The van der Waals surface area contributed by atoms with Gasteiger partial charge in [0.15, 0.2) is 5.65 Å². The number of amides is 1. The van der Waals surface area contributed by atoms with Crippen LogP contribution in [0, 0.1) is 5.92 Å². The molecule has 0 radical (unpaired) electrons. The number of pyridine rings is 1. The number of hydrogen-bond donors (Lipinski definition) is 3. The fourth-order valence-corrected chi connectivity index (χ4v) is 3.14. The van der Waals surface area contributed by atoms with Gasteiger partial charge in [0.2, 0.25) is 0 Å². The molecule has 1 amide bonds. The normalized spacial score (nSPS) is 11.1. The van der Waals surface area contributed by atoms with Crippen molar-refractivity contribution in [2.24, 2.45) is 5.92 Å². The molecular formula is C15H20N4O4S. The Balaban J connectivity index is 2.22. The number of rotatable bonds is 8. The Morgan fingerprint density at radius 3 is 2.83 bits per heavy atom. The number of nitrogens with zero attached hydrogens (tertiary/aromatic N) is 3. The van der Waals surface area contributed by atoms with Gasteiger partial charge in [0.05, 0.1) is 0 Å². The Kier molecular flexibility index (Phi) is 6.02. The molecule has 0 fully saturated rings. The molecular weight excluding hydrogens is 332 g/mol. The highest BCUT2D eigenvalue weighted by Gasteiger charge is 2.20. The van der Waals surface area contributed by atoms with Crippen molar-refractivity contribution in [2.45, 2.75) is 31.7 Å². The lowest BCUT2D eigenvalue weighted by atomic mass is 10.1. The molecule has 2 heterocycles. The third-order valence-electron chi connectivity index (χ3n) is 3.30. The molecule has 0 aliphatic rings. The Labute approximate surface area is 143 Å². The zero-order valence-corrected chi connectivity index (χ0v) is 14.3. The standard InChI is InChI=1S/C15H20N4O4S/c1-9(2)4-3-5-24-11-6-10(20)13(14-17-8-18-19(11)14)15(23)16-7-12(21)22/h6,8-9,20H,3-5,7H2,1-2H3,(H,16,23)(H,21,22). The van der Waals surface area contributed by atoms with Crippen molar-refractivity contribution in [1.29, 1.82) is 0 Å². The van der Waals surface area contributed by atoms with E-state index in [4.69, 9.17) is 5.11 Å². The predicted octanol–water partition coefficient (Wildman–Crippen LogP) is 1.78. The summed E-state index contributed by atoms with van der Waals surface area (Å²) in [5.74, 6) is -0.630. The third-order valence-corrected chi connectivity index (χ3v) is 4.38. The van der Waals surface area contributed by atoms with Crippen LogP contribution in [0.25, 0.3) is 5.65 Å². The molecule has 24 heavy (non-hydrogen) atoms. The van der Waals surface area contributed by atoms with Crippen LogP contribution in [-0.4, -0.2) is 49.0 Å². The fourth-order valence-electron chi connectivity index (χ4n) is 2.17. The third kappa shape index (κ3) is 4.38. The highest BCUT2D eigenvalue weighted by atomic mass is 32.2. The van der Waals surface area contributed by atoms with Crippen molar-refractivity contribution in [1.82, 2.24) is 19.9 Å². The van der Waals surface area contributed by atoms with Gasteiger partial charge in [0.1, 0.15) is 29.2 Å². The summed E-state index contributed by atoms with van der Waals surface area (Å²) in [6, 6.07) is 1.46. The Hall–Kier alpha value is -2.29. The first-order valence-corrected chi connectivity index (χ1v) is 8.57. The summed E-state index contributed by atoms with van der Waals surface area (Å²) in [4.78, 5) is 26.7. The van der Waals surface area contributed by atoms with Crippen LogP contribution >= 0.6 is 11.8 Å². The zero-order valence-electron chi connectivity index (χ0n) is 13.5. The van der Waals surface area contributed by atoms with Gasteiger partial charge in [-0.2, -0.15) is 5.10 Å². The first kappa shape index (κ1) is 18.1.